The third-order valence-electron chi connectivity index (χ3n) is 6.99. The highest BCUT2D eigenvalue weighted by Gasteiger charge is 2.26. The van der Waals surface area contributed by atoms with Crippen LogP contribution in [0, 0.1) is 0 Å². The van der Waals surface area contributed by atoms with E-state index < -0.39 is 48.8 Å². The molecule has 16 nitrogen and oxygen atoms in total. The molecule has 5 rings (SSSR count). The van der Waals surface area contributed by atoms with Crippen molar-refractivity contribution in [2.24, 2.45) is 0 Å². The smallest absolute Gasteiger partial charge is 0.328 e. The molecule has 0 unspecified atom stereocenters. The number of hydrogen-bond acceptors (Lipinski definition) is 12. The van der Waals surface area contributed by atoms with E-state index in [4.69, 9.17) is 14.2 Å². The molecule has 6 bridgehead atoms. The quantitative estimate of drug-likeness (QED) is 0.187. The van der Waals surface area contributed by atoms with Gasteiger partial charge in [0.25, 0.3) is 11.8 Å². The monoisotopic (exact) mass is 700 g/mol. The van der Waals surface area contributed by atoms with Crippen LogP contribution in [0.1, 0.15) is 48.5 Å². The summed E-state index contributed by atoms with van der Waals surface area (Å²) in [6.07, 6.45) is 3.09. The average Bonchev–Trinajstić information content (AvgIpc) is 3.08. The number of hydrogen-bond donors (Lipinski definition) is 6. The Morgan fingerprint density at radius 3 is 2.34 bits per heavy atom. The summed E-state index contributed by atoms with van der Waals surface area (Å²) in [5.74, 6) is -6.75. The van der Waals surface area contributed by atoms with Gasteiger partial charge in [-0.05, 0) is 55.5 Å². The molecule has 0 saturated heterocycles. The van der Waals surface area contributed by atoms with Crippen LogP contribution in [0.5, 0.6) is 17.5 Å². The fourth-order valence-corrected chi connectivity index (χ4v) is 4.42. The van der Waals surface area contributed by atoms with Gasteiger partial charge in [-0.1, -0.05) is 12.1 Å². The van der Waals surface area contributed by atoms with Crippen LogP contribution in [-0.2, 0) is 20.9 Å². The van der Waals surface area contributed by atoms with Crippen molar-refractivity contribution in [3.63, 3.8) is 0 Å². The molecule has 0 spiro atoms. The Bertz CT molecular complexity index is 1660. The number of halogens is 2. The van der Waals surface area contributed by atoms with Crippen LogP contribution in [0.2, 0.25) is 0 Å². The Kier molecular flexibility index (Phi) is 13.0. The maximum absolute atomic E-state index is 13.6. The first kappa shape index (κ1) is 37.0. The third kappa shape index (κ3) is 11.7. The Morgan fingerprint density at radius 2 is 1.66 bits per heavy atom. The zero-order valence-corrected chi connectivity index (χ0v) is 27.4. The molecule has 0 radical (unpaired) electrons. The second-order valence-electron chi connectivity index (χ2n) is 11.2. The number of alkyl halides is 2. The predicted molar refractivity (Wildman–Crippen MR) is 175 cm³/mol. The van der Waals surface area contributed by atoms with Crippen molar-refractivity contribution in [1.82, 2.24) is 30.9 Å². The number of aliphatic carboxylic acids is 1. The van der Waals surface area contributed by atoms with E-state index in [1.54, 1.807) is 0 Å². The van der Waals surface area contributed by atoms with E-state index in [0.717, 1.165) is 24.8 Å². The molecule has 3 aromatic rings. The Balaban J connectivity index is 1.61. The van der Waals surface area contributed by atoms with Gasteiger partial charge in [-0.25, -0.2) is 13.6 Å². The van der Waals surface area contributed by atoms with E-state index in [0.29, 0.717) is 31.4 Å². The van der Waals surface area contributed by atoms with Crippen molar-refractivity contribution >= 4 is 41.3 Å². The van der Waals surface area contributed by atoms with Crippen LogP contribution >= 0.6 is 0 Å². The summed E-state index contributed by atoms with van der Waals surface area (Å²) in [6, 6.07) is 9.78. The first-order chi connectivity index (χ1) is 23.9. The molecular formula is C32H38F2N8O8. The van der Waals surface area contributed by atoms with Gasteiger partial charge in [0.05, 0.1) is 18.8 Å². The van der Waals surface area contributed by atoms with E-state index in [1.807, 2.05) is 24.3 Å². The van der Waals surface area contributed by atoms with E-state index in [1.165, 1.54) is 25.2 Å². The summed E-state index contributed by atoms with van der Waals surface area (Å²) in [5.41, 5.74) is 1.17. The summed E-state index contributed by atoms with van der Waals surface area (Å²) < 4.78 is 44.1. The highest BCUT2D eigenvalue weighted by Crippen LogP contribution is 2.27. The number of nitrogens with zero attached hydrogens (tertiary/aromatic N) is 3. The lowest BCUT2D eigenvalue weighted by Gasteiger charge is -2.18. The number of likely N-dealkylation sites (N-methyl/N-ethyl adjacent to an activating group) is 1. The number of amides is 3. The Labute approximate surface area is 285 Å². The van der Waals surface area contributed by atoms with Crippen LogP contribution < -0.4 is 40.8 Å². The highest BCUT2D eigenvalue weighted by atomic mass is 19.3. The van der Waals surface area contributed by atoms with E-state index in [9.17, 15) is 33.1 Å². The Morgan fingerprint density at radius 1 is 0.960 bits per heavy atom. The van der Waals surface area contributed by atoms with E-state index in [-0.39, 0.29) is 42.4 Å². The number of ether oxygens (including phenoxy) is 3. The van der Waals surface area contributed by atoms with Crippen LogP contribution in [0.25, 0.3) is 0 Å². The number of nitrogens with one attached hydrogen (secondary N) is 5. The molecule has 2 aromatic carbocycles. The molecule has 3 amide bonds. The number of aromatic nitrogens is 3. The number of carboxylic acid groups (broad SMARTS) is 1. The third-order valence-corrected chi connectivity index (χ3v) is 6.99. The minimum absolute atomic E-state index is 0.0250. The number of anilines is 3. The number of carbonyl (C=O) groups excluding carboxylic acids is 3. The lowest BCUT2D eigenvalue weighted by molar-refractivity contribution is -0.141. The number of carboxylic acids is 1. The molecule has 0 fully saturated rings. The minimum atomic E-state index is -3.16. The fourth-order valence-electron chi connectivity index (χ4n) is 4.42. The van der Waals surface area contributed by atoms with E-state index in [2.05, 4.69) is 41.5 Å². The summed E-state index contributed by atoms with van der Waals surface area (Å²) >= 11 is 0. The fraction of sp³-hybridized carbons (Fsp3) is 0.406. The summed E-state index contributed by atoms with van der Waals surface area (Å²) in [6.45, 7) is 0.146. The minimum Gasteiger partial charge on any atom is -0.494 e. The number of fused-ring (bicyclic) bond motifs is 10. The van der Waals surface area contributed by atoms with Gasteiger partial charge in [-0.15, -0.1) is 0 Å². The van der Waals surface area contributed by atoms with Crippen LogP contribution in [0.4, 0.5) is 26.4 Å². The Hall–Kier alpha value is -5.81. The highest BCUT2D eigenvalue weighted by molar-refractivity contribution is 6.35. The first-order valence-electron chi connectivity index (χ1n) is 15.7. The molecule has 1 aromatic heterocycles. The summed E-state index contributed by atoms with van der Waals surface area (Å²) in [5, 5.41) is 22.2. The second kappa shape index (κ2) is 17.5. The van der Waals surface area contributed by atoms with Gasteiger partial charge >= 0.3 is 23.8 Å². The molecule has 3 heterocycles. The number of benzene rings is 2. The molecule has 2 aliphatic rings. The standard InChI is InChI=1S/C32H38F2N8O8/c1-32(33,34)18-50-31-41-29-37-16-19-7-10-21(11-8-19)48-13-5-3-4-6-14-49-24-15-20(38-30(40-29)42-31)9-12-22(24)25(43)39-23(28(46)47)17-36-27(45)26(44)35-2/h7-12,15,23H,3-6,13-14,16-18H2,1-2H3,(H,35,44)(H,36,45)(H,39,43)(H,46,47)(H2,37,38,40,41,42)/t23-/m0/s1. The molecule has 0 saturated carbocycles. The van der Waals surface area contributed by atoms with Gasteiger partial charge in [0, 0.05) is 38.8 Å². The van der Waals surface area contributed by atoms with Crippen molar-refractivity contribution in [3.8, 4) is 17.5 Å². The van der Waals surface area contributed by atoms with Crippen LogP contribution in [0.3, 0.4) is 0 Å². The number of carbonyl (C=O) groups is 4. The van der Waals surface area contributed by atoms with Crippen molar-refractivity contribution in [2.75, 3.05) is 44.0 Å². The summed E-state index contributed by atoms with van der Waals surface area (Å²) in [7, 11) is 1.24. The normalized spacial score (nSPS) is 14.2. The first-order valence-corrected chi connectivity index (χ1v) is 15.7. The molecule has 18 heteroatoms. The van der Waals surface area contributed by atoms with Gasteiger partial charge in [0.1, 0.15) is 17.5 Å². The lowest BCUT2D eigenvalue weighted by atomic mass is 10.1. The molecule has 1 atom stereocenters. The van der Waals surface area contributed by atoms with Crippen molar-refractivity contribution in [1.29, 1.82) is 0 Å². The maximum Gasteiger partial charge on any atom is 0.328 e. The molecule has 2 aliphatic heterocycles. The molecule has 0 aliphatic carbocycles. The molecule has 268 valence electrons. The largest absolute Gasteiger partial charge is 0.494 e. The van der Waals surface area contributed by atoms with Gasteiger partial charge in [-0.2, -0.15) is 15.0 Å². The van der Waals surface area contributed by atoms with Crippen molar-refractivity contribution in [2.45, 2.75) is 51.1 Å². The van der Waals surface area contributed by atoms with Gasteiger partial charge in [0.15, 0.2) is 6.61 Å². The van der Waals surface area contributed by atoms with Gasteiger partial charge in [0.2, 0.25) is 11.9 Å². The van der Waals surface area contributed by atoms with Crippen molar-refractivity contribution in [3.05, 3.63) is 53.6 Å². The van der Waals surface area contributed by atoms with Gasteiger partial charge in [-0.3, -0.25) is 14.4 Å². The van der Waals surface area contributed by atoms with Crippen LogP contribution in [0.15, 0.2) is 42.5 Å². The second-order valence-corrected chi connectivity index (χ2v) is 11.2. The SMILES string of the molecule is CNC(=O)C(=O)NC[C@H](NC(=O)c1ccc2cc1OCCCCCCOc1ccc(cc1)CNc1nc(nc(OCC(C)(F)F)n1)N2)C(=O)O. The van der Waals surface area contributed by atoms with Crippen LogP contribution in [-0.4, -0.2) is 89.1 Å². The zero-order valence-electron chi connectivity index (χ0n) is 27.4. The molecular weight excluding hydrogens is 662 g/mol. The summed E-state index contributed by atoms with van der Waals surface area (Å²) in [4.78, 5) is 61.0. The topological polar surface area (TPSA) is 215 Å². The number of rotatable bonds is 8. The lowest BCUT2D eigenvalue weighted by Crippen LogP contribution is -2.50. The molecule has 6 N–H and O–H groups in total. The maximum atomic E-state index is 13.6. The van der Waals surface area contributed by atoms with E-state index >= 15 is 0 Å². The zero-order chi connectivity index (χ0) is 36.1. The predicted octanol–water partition coefficient (Wildman–Crippen LogP) is 2.64. The van der Waals surface area contributed by atoms with Crippen molar-refractivity contribution < 1.29 is 47.3 Å². The molecule has 50 heavy (non-hydrogen) atoms. The van der Waals surface area contributed by atoms with Gasteiger partial charge < -0.3 is 45.9 Å². The average molecular weight is 701 g/mol.